The zero-order chi connectivity index (χ0) is 20.0. The fourth-order valence-corrected chi connectivity index (χ4v) is 3.96. The number of carbonyl (C=O) groups excluding carboxylic acids is 1. The fourth-order valence-electron chi connectivity index (χ4n) is 3.96. The molecule has 0 bridgehead atoms. The first-order valence-corrected chi connectivity index (χ1v) is 9.73. The number of amides is 1. The minimum absolute atomic E-state index is 0.108. The first-order valence-electron chi connectivity index (χ1n) is 9.73. The molecule has 5 rings (SSSR count). The normalized spacial score (nSPS) is 16.1. The fraction of sp³-hybridized carbons (Fsp3) is 0.273. The number of halogens is 2. The van der Waals surface area contributed by atoms with Gasteiger partial charge < -0.3 is 14.4 Å². The van der Waals surface area contributed by atoms with Gasteiger partial charge in [0.1, 0.15) is 17.3 Å². The summed E-state index contributed by atoms with van der Waals surface area (Å²) in [4.78, 5) is 21.6. The van der Waals surface area contributed by atoms with Crippen molar-refractivity contribution in [3.8, 4) is 0 Å². The van der Waals surface area contributed by atoms with Gasteiger partial charge in [0.05, 0.1) is 30.4 Å². The lowest BCUT2D eigenvalue weighted by atomic mass is 10.1. The molecule has 2 aliphatic rings. The number of para-hydroxylation sites is 2. The van der Waals surface area contributed by atoms with E-state index in [0.29, 0.717) is 23.8 Å². The van der Waals surface area contributed by atoms with Crippen LogP contribution >= 0.6 is 0 Å². The lowest BCUT2D eigenvalue weighted by Gasteiger charge is -2.38. The molecule has 2 heterocycles. The maximum absolute atomic E-state index is 14.1. The van der Waals surface area contributed by atoms with E-state index in [9.17, 15) is 13.6 Å². The number of rotatable bonds is 4. The van der Waals surface area contributed by atoms with Crippen molar-refractivity contribution in [1.82, 2.24) is 9.55 Å². The first kappa shape index (κ1) is 17.8. The summed E-state index contributed by atoms with van der Waals surface area (Å²) in [5.74, 6) is -1.44. The van der Waals surface area contributed by atoms with Gasteiger partial charge in [-0.1, -0.05) is 18.2 Å². The largest absolute Gasteiger partial charge is 0.365 e. The number of fused-ring (bicyclic) bond motifs is 1. The molecule has 2 aromatic carbocycles. The van der Waals surface area contributed by atoms with Crippen LogP contribution in [0.3, 0.4) is 0 Å². The second kappa shape index (κ2) is 6.99. The molecule has 1 aliphatic heterocycles. The molecule has 0 radical (unpaired) electrons. The summed E-state index contributed by atoms with van der Waals surface area (Å²) in [6, 6.07) is 12.0. The highest BCUT2D eigenvalue weighted by molar-refractivity contribution is 6.07. The van der Waals surface area contributed by atoms with Crippen LogP contribution in [0.1, 0.15) is 28.9 Å². The van der Waals surface area contributed by atoms with Crippen molar-refractivity contribution in [2.24, 2.45) is 0 Å². The zero-order valence-corrected chi connectivity index (χ0v) is 15.8. The first-order chi connectivity index (χ1) is 14.1. The molecule has 0 atom stereocenters. The van der Waals surface area contributed by atoms with Gasteiger partial charge in [0, 0.05) is 30.8 Å². The zero-order valence-electron chi connectivity index (χ0n) is 15.8. The van der Waals surface area contributed by atoms with E-state index >= 15 is 0 Å². The molecular formula is C22H20F2N4O. The van der Waals surface area contributed by atoms with Crippen molar-refractivity contribution >= 4 is 17.3 Å². The smallest absolute Gasteiger partial charge is 0.276 e. The number of hydrogen-bond donors (Lipinski definition) is 0. The summed E-state index contributed by atoms with van der Waals surface area (Å²) >= 11 is 0. The monoisotopic (exact) mass is 394 g/mol. The summed E-state index contributed by atoms with van der Waals surface area (Å²) in [6.07, 6.45) is 5.39. The molecule has 3 aromatic rings. The molecule has 1 fully saturated rings. The third-order valence-electron chi connectivity index (χ3n) is 5.57. The molecule has 148 valence electrons. The second-order valence-electron chi connectivity index (χ2n) is 7.51. The Morgan fingerprint density at radius 2 is 1.86 bits per heavy atom. The predicted molar refractivity (Wildman–Crippen MR) is 106 cm³/mol. The molecule has 0 saturated heterocycles. The van der Waals surface area contributed by atoms with Crippen molar-refractivity contribution in [2.45, 2.75) is 25.4 Å². The number of imidazole rings is 1. The number of benzene rings is 2. The van der Waals surface area contributed by atoms with Gasteiger partial charge in [0.2, 0.25) is 0 Å². The van der Waals surface area contributed by atoms with Gasteiger partial charge in [-0.2, -0.15) is 0 Å². The Bertz CT molecular complexity index is 1080. The quantitative estimate of drug-likeness (QED) is 0.675. The topological polar surface area (TPSA) is 41.4 Å². The number of hydrogen-bond acceptors (Lipinski definition) is 3. The Kier molecular flexibility index (Phi) is 4.30. The van der Waals surface area contributed by atoms with Crippen LogP contribution in [0.25, 0.3) is 0 Å². The minimum atomic E-state index is -0.638. The van der Waals surface area contributed by atoms with Crippen molar-refractivity contribution in [1.29, 1.82) is 0 Å². The van der Waals surface area contributed by atoms with E-state index in [0.717, 1.165) is 24.0 Å². The molecule has 7 heteroatoms. The Morgan fingerprint density at radius 1 is 1.07 bits per heavy atom. The maximum atomic E-state index is 14.1. The Labute approximate surface area is 167 Å². The molecular weight excluding hydrogens is 374 g/mol. The van der Waals surface area contributed by atoms with E-state index in [-0.39, 0.29) is 12.5 Å². The lowest BCUT2D eigenvalue weighted by molar-refractivity contribution is 0.0978. The average molecular weight is 394 g/mol. The van der Waals surface area contributed by atoms with Gasteiger partial charge in [-0.15, -0.1) is 0 Å². The third-order valence-corrected chi connectivity index (χ3v) is 5.57. The summed E-state index contributed by atoms with van der Waals surface area (Å²) in [7, 11) is 0. The summed E-state index contributed by atoms with van der Waals surface area (Å²) in [6.45, 7) is 1.48. The van der Waals surface area contributed by atoms with Crippen LogP contribution in [0.5, 0.6) is 0 Å². The highest BCUT2D eigenvalue weighted by atomic mass is 19.1. The van der Waals surface area contributed by atoms with Crippen LogP contribution in [0.15, 0.2) is 55.0 Å². The number of nitrogens with zero attached hydrogens (tertiary/aromatic N) is 4. The van der Waals surface area contributed by atoms with Crippen LogP contribution in [-0.2, 0) is 6.54 Å². The SMILES string of the molecule is O=C(c1cncn1Cc1ccc(F)cc1F)N1CCN(C2CC2)c2ccccc21. The van der Waals surface area contributed by atoms with Gasteiger partial charge in [-0.3, -0.25) is 4.79 Å². The van der Waals surface area contributed by atoms with Gasteiger partial charge in [-0.05, 0) is 31.0 Å². The van der Waals surface area contributed by atoms with Crippen molar-refractivity contribution in [2.75, 3.05) is 22.9 Å². The summed E-state index contributed by atoms with van der Waals surface area (Å²) in [5, 5.41) is 0. The molecule has 0 spiro atoms. The van der Waals surface area contributed by atoms with Crippen molar-refractivity contribution in [3.63, 3.8) is 0 Å². The molecule has 0 unspecified atom stereocenters. The van der Waals surface area contributed by atoms with Crippen LogP contribution in [0.2, 0.25) is 0 Å². The molecule has 0 N–H and O–H groups in total. The predicted octanol–water partition coefficient (Wildman–Crippen LogP) is 3.84. The maximum Gasteiger partial charge on any atom is 0.276 e. The molecule has 1 aromatic heterocycles. The van der Waals surface area contributed by atoms with E-state index in [2.05, 4.69) is 16.0 Å². The van der Waals surface area contributed by atoms with Crippen LogP contribution in [0.4, 0.5) is 20.2 Å². The van der Waals surface area contributed by atoms with Crippen molar-refractivity contribution in [3.05, 3.63) is 77.9 Å². The van der Waals surface area contributed by atoms with Crippen LogP contribution in [-0.4, -0.2) is 34.6 Å². The standard InChI is InChI=1S/C22H20F2N4O/c23-16-6-5-15(18(24)11-16)13-26-14-25-12-21(26)22(29)28-10-9-27(17-7-8-17)19-3-1-2-4-20(19)28/h1-6,11-12,14,17H,7-10,13H2. The van der Waals surface area contributed by atoms with Crippen LogP contribution in [0, 0.1) is 11.6 Å². The molecule has 1 aliphatic carbocycles. The number of carbonyl (C=O) groups is 1. The van der Waals surface area contributed by atoms with E-state index in [1.165, 1.54) is 37.5 Å². The number of aromatic nitrogens is 2. The highest BCUT2D eigenvalue weighted by Crippen LogP contribution is 2.40. The Balaban J connectivity index is 1.44. The van der Waals surface area contributed by atoms with E-state index in [1.54, 1.807) is 9.47 Å². The summed E-state index contributed by atoms with van der Waals surface area (Å²) in [5.41, 5.74) is 2.64. The van der Waals surface area contributed by atoms with Gasteiger partial charge >= 0.3 is 0 Å². The molecule has 1 amide bonds. The van der Waals surface area contributed by atoms with Crippen LogP contribution < -0.4 is 9.80 Å². The van der Waals surface area contributed by atoms with Gasteiger partial charge in [-0.25, -0.2) is 13.8 Å². The van der Waals surface area contributed by atoms with Crippen molar-refractivity contribution < 1.29 is 13.6 Å². The van der Waals surface area contributed by atoms with E-state index < -0.39 is 11.6 Å². The molecule has 1 saturated carbocycles. The Morgan fingerprint density at radius 3 is 2.62 bits per heavy atom. The van der Waals surface area contributed by atoms with E-state index in [4.69, 9.17) is 0 Å². The lowest BCUT2D eigenvalue weighted by Crippen LogP contribution is -2.45. The summed E-state index contributed by atoms with van der Waals surface area (Å²) < 4.78 is 28.9. The third kappa shape index (κ3) is 3.26. The average Bonchev–Trinajstić information content (AvgIpc) is 3.47. The molecule has 5 nitrogen and oxygen atoms in total. The second-order valence-corrected chi connectivity index (χ2v) is 7.51. The van der Waals surface area contributed by atoms with E-state index in [1.807, 2.05) is 18.2 Å². The minimum Gasteiger partial charge on any atom is -0.365 e. The van der Waals surface area contributed by atoms with Gasteiger partial charge in [0.15, 0.2) is 0 Å². The highest BCUT2D eigenvalue weighted by Gasteiger charge is 2.36. The Hall–Kier alpha value is -3.22. The molecule has 29 heavy (non-hydrogen) atoms. The van der Waals surface area contributed by atoms with Gasteiger partial charge in [0.25, 0.3) is 5.91 Å². The number of anilines is 2.